The fourth-order valence-corrected chi connectivity index (χ4v) is 3.73. The zero-order valence-electron chi connectivity index (χ0n) is 16.9. The van der Waals surface area contributed by atoms with E-state index in [-0.39, 0.29) is 45.2 Å². The molecule has 14 heteroatoms. The van der Waals surface area contributed by atoms with Crippen molar-refractivity contribution in [2.75, 3.05) is 11.9 Å². The Labute approximate surface area is 188 Å². The maximum absolute atomic E-state index is 13.2. The molecule has 0 atom stereocenters. The first kappa shape index (κ1) is 23.6. The average Bonchev–Trinajstić information content (AvgIpc) is 3.24. The number of nitrogens with zero attached hydrogens (tertiary/aromatic N) is 3. The van der Waals surface area contributed by atoms with Gasteiger partial charge in [-0.15, -0.1) is 11.3 Å². The SMILES string of the molecule is CCNC(=O)Nc1ncc(-c2cncc(C(N)=O)c2)c(-c2nc(C(F)(F)F)cs2)c1C(N)=O. The molecule has 3 aromatic rings. The minimum Gasteiger partial charge on any atom is -0.366 e. The van der Waals surface area contributed by atoms with E-state index in [9.17, 15) is 27.6 Å². The molecule has 0 aliphatic heterocycles. The number of nitrogens with one attached hydrogen (secondary N) is 2. The number of carbonyl (C=O) groups excluding carboxylic acids is 3. The van der Waals surface area contributed by atoms with Crippen molar-refractivity contribution in [3.05, 3.63) is 46.9 Å². The monoisotopic (exact) mass is 479 g/mol. The number of rotatable bonds is 6. The summed E-state index contributed by atoms with van der Waals surface area (Å²) in [5.74, 6) is -2.15. The van der Waals surface area contributed by atoms with Gasteiger partial charge in [0.05, 0.1) is 11.1 Å². The number of amides is 4. The summed E-state index contributed by atoms with van der Waals surface area (Å²) >= 11 is 0.611. The van der Waals surface area contributed by atoms with Crippen LogP contribution in [0.4, 0.5) is 23.8 Å². The van der Waals surface area contributed by atoms with Crippen molar-refractivity contribution in [3.63, 3.8) is 0 Å². The van der Waals surface area contributed by atoms with Gasteiger partial charge in [-0.05, 0) is 13.0 Å². The summed E-state index contributed by atoms with van der Waals surface area (Å²) in [6, 6.07) is 0.620. The van der Waals surface area contributed by atoms with E-state index in [0.717, 1.165) is 5.38 Å². The molecule has 0 bridgehead atoms. The highest BCUT2D eigenvalue weighted by Gasteiger charge is 2.35. The summed E-state index contributed by atoms with van der Waals surface area (Å²) in [5.41, 5.74) is 9.48. The highest BCUT2D eigenvalue weighted by molar-refractivity contribution is 7.13. The van der Waals surface area contributed by atoms with Crippen LogP contribution in [0.25, 0.3) is 21.7 Å². The van der Waals surface area contributed by atoms with Crippen molar-refractivity contribution in [3.8, 4) is 21.7 Å². The first-order valence-corrected chi connectivity index (χ1v) is 10.1. The summed E-state index contributed by atoms with van der Waals surface area (Å²) < 4.78 is 39.6. The Morgan fingerprint density at radius 2 is 1.85 bits per heavy atom. The number of urea groups is 1. The zero-order valence-corrected chi connectivity index (χ0v) is 17.7. The molecule has 0 aliphatic rings. The van der Waals surface area contributed by atoms with E-state index in [1.807, 2.05) is 0 Å². The van der Waals surface area contributed by atoms with E-state index >= 15 is 0 Å². The molecule has 0 saturated carbocycles. The number of carbonyl (C=O) groups is 3. The summed E-state index contributed by atoms with van der Waals surface area (Å²) in [6.07, 6.45) is -1.04. The lowest BCUT2D eigenvalue weighted by Crippen LogP contribution is -2.30. The van der Waals surface area contributed by atoms with Gasteiger partial charge in [0.2, 0.25) is 5.91 Å². The molecule has 4 amide bonds. The number of thiazole rings is 1. The van der Waals surface area contributed by atoms with Crippen molar-refractivity contribution >= 4 is 35.0 Å². The van der Waals surface area contributed by atoms with Crippen LogP contribution >= 0.6 is 11.3 Å². The summed E-state index contributed by atoms with van der Waals surface area (Å²) in [6.45, 7) is 1.92. The molecule has 0 saturated heterocycles. The molecule has 33 heavy (non-hydrogen) atoms. The lowest BCUT2D eigenvalue weighted by molar-refractivity contribution is -0.140. The van der Waals surface area contributed by atoms with Crippen LogP contribution in [0.1, 0.15) is 33.3 Å². The molecule has 0 spiro atoms. The Morgan fingerprint density at radius 3 is 2.42 bits per heavy atom. The van der Waals surface area contributed by atoms with Crippen LogP contribution < -0.4 is 22.1 Å². The van der Waals surface area contributed by atoms with Gasteiger partial charge in [-0.1, -0.05) is 0 Å². The van der Waals surface area contributed by atoms with E-state index in [0.29, 0.717) is 11.3 Å². The number of primary amides is 2. The van der Waals surface area contributed by atoms with Gasteiger partial charge < -0.3 is 16.8 Å². The maximum atomic E-state index is 13.2. The second kappa shape index (κ2) is 9.20. The normalized spacial score (nSPS) is 11.2. The quantitative estimate of drug-likeness (QED) is 0.424. The minimum atomic E-state index is -4.73. The Morgan fingerprint density at radius 1 is 1.12 bits per heavy atom. The molecule has 3 heterocycles. The van der Waals surface area contributed by atoms with Gasteiger partial charge >= 0.3 is 12.2 Å². The van der Waals surface area contributed by atoms with E-state index in [4.69, 9.17) is 11.5 Å². The molecule has 0 fully saturated rings. The Bertz CT molecular complexity index is 1240. The number of hydrogen-bond donors (Lipinski definition) is 4. The Balaban J connectivity index is 2.32. The van der Waals surface area contributed by atoms with Crippen LogP contribution in [0.15, 0.2) is 30.0 Å². The van der Waals surface area contributed by atoms with Gasteiger partial charge in [0.1, 0.15) is 10.8 Å². The average molecular weight is 479 g/mol. The molecule has 3 aromatic heterocycles. The first-order valence-electron chi connectivity index (χ1n) is 9.18. The summed E-state index contributed by atoms with van der Waals surface area (Å²) in [4.78, 5) is 47.5. The van der Waals surface area contributed by atoms with Gasteiger partial charge in [0, 0.05) is 47.2 Å². The molecule has 0 aliphatic carbocycles. The molecule has 172 valence electrons. The van der Waals surface area contributed by atoms with Crippen molar-refractivity contribution in [1.82, 2.24) is 20.3 Å². The second-order valence-electron chi connectivity index (χ2n) is 6.48. The van der Waals surface area contributed by atoms with Crippen LogP contribution in [0.5, 0.6) is 0 Å². The van der Waals surface area contributed by atoms with Gasteiger partial charge in [0.15, 0.2) is 5.69 Å². The number of pyridine rings is 2. The molecule has 3 rings (SSSR count). The van der Waals surface area contributed by atoms with Crippen molar-refractivity contribution in [2.24, 2.45) is 11.5 Å². The minimum absolute atomic E-state index is 0.0127. The summed E-state index contributed by atoms with van der Waals surface area (Å²) in [7, 11) is 0. The second-order valence-corrected chi connectivity index (χ2v) is 7.34. The third-order valence-corrected chi connectivity index (χ3v) is 5.10. The zero-order chi connectivity index (χ0) is 24.3. The van der Waals surface area contributed by atoms with Crippen LogP contribution in [0, 0.1) is 0 Å². The van der Waals surface area contributed by atoms with E-state index in [1.165, 1.54) is 24.7 Å². The standard InChI is InChI=1S/C19H16F3N7O3S/c1-2-26-18(32)29-16-13(15(24)31)12(17-28-11(7-33-17)19(20,21)22)10(6-27-16)8-3-9(14(23)30)5-25-4-8/h3-7H,2H2,1H3,(H2,23,30)(H2,24,31)(H2,26,27,29,32). The summed E-state index contributed by atoms with van der Waals surface area (Å²) in [5, 5.41) is 5.36. The van der Waals surface area contributed by atoms with Crippen molar-refractivity contribution < 1.29 is 27.6 Å². The highest BCUT2D eigenvalue weighted by atomic mass is 32.1. The van der Waals surface area contributed by atoms with E-state index < -0.39 is 29.7 Å². The molecule has 10 nitrogen and oxygen atoms in total. The predicted molar refractivity (Wildman–Crippen MR) is 113 cm³/mol. The molecular formula is C19H16F3N7O3S. The van der Waals surface area contributed by atoms with Gasteiger partial charge in [-0.2, -0.15) is 13.2 Å². The molecule has 0 radical (unpaired) electrons. The van der Waals surface area contributed by atoms with Gasteiger partial charge in [-0.25, -0.2) is 14.8 Å². The van der Waals surface area contributed by atoms with Crippen LogP contribution in [-0.4, -0.2) is 39.3 Å². The fourth-order valence-electron chi connectivity index (χ4n) is 2.84. The highest BCUT2D eigenvalue weighted by Crippen LogP contribution is 2.41. The van der Waals surface area contributed by atoms with E-state index in [1.54, 1.807) is 6.92 Å². The first-order chi connectivity index (χ1) is 15.5. The van der Waals surface area contributed by atoms with E-state index in [2.05, 4.69) is 25.6 Å². The number of halogens is 3. The lowest BCUT2D eigenvalue weighted by Gasteiger charge is -2.16. The molecular weight excluding hydrogens is 463 g/mol. The van der Waals surface area contributed by atoms with Crippen LogP contribution in [-0.2, 0) is 6.18 Å². The predicted octanol–water partition coefficient (Wildman–Crippen LogP) is 2.63. The van der Waals surface area contributed by atoms with Crippen molar-refractivity contribution in [2.45, 2.75) is 13.1 Å². The molecule has 0 aromatic carbocycles. The maximum Gasteiger partial charge on any atom is 0.434 e. The van der Waals surface area contributed by atoms with Gasteiger partial charge in [-0.3, -0.25) is 19.9 Å². The lowest BCUT2D eigenvalue weighted by atomic mass is 9.97. The third-order valence-electron chi connectivity index (χ3n) is 4.24. The van der Waals surface area contributed by atoms with Gasteiger partial charge in [0.25, 0.3) is 5.91 Å². The largest absolute Gasteiger partial charge is 0.434 e. The fraction of sp³-hybridized carbons (Fsp3) is 0.158. The number of anilines is 1. The van der Waals surface area contributed by atoms with Crippen LogP contribution in [0.3, 0.4) is 0 Å². The Kier molecular flexibility index (Phi) is 6.57. The number of alkyl halides is 3. The smallest absolute Gasteiger partial charge is 0.366 e. The number of hydrogen-bond acceptors (Lipinski definition) is 7. The number of nitrogens with two attached hydrogens (primary N) is 2. The van der Waals surface area contributed by atoms with Crippen LogP contribution in [0.2, 0.25) is 0 Å². The van der Waals surface area contributed by atoms with Crippen molar-refractivity contribution in [1.29, 1.82) is 0 Å². The molecule has 6 N–H and O–H groups in total. The third kappa shape index (κ3) is 5.06. The number of aromatic nitrogens is 3. The molecule has 0 unspecified atom stereocenters. The Hall–Kier alpha value is -4.07. The topological polar surface area (TPSA) is 166 Å².